The molecule has 1 aliphatic carbocycles. The van der Waals surface area contributed by atoms with Crippen molar-refractivity contribution in [1.29, 1.82) is 0 Å². The summed E-state index contributed by atoms with van der Waals surface area (Å²) in [5.41, 5.74) is 1.45. The van der Waals surface area contributed by atoms with E-state index in [1.165, 1.54) is 5.56 Å². The van der Waals surface area contributed by atoms with Crippen molar-refractivity contribution in [2.24, 2.45) is 0 Å². The van der Waals surface area contributed by atoms with E-state index in [-0.39, 0.29) is 5.60 Å². The molecule has 0 saturated heterocycles. The van der Waals surface area contributed by atoms with Crippen LogP contribution in [0.5, 0.6) is 0 Å². The van der Waals surface area contributed by atoms with E-state index in [2.05, 4.69) is 34.2 Å². The van der Waals surface area contributed by atoms with Gasteiger partial charge in [0.25, 0.3) is 0 Å². The number of carbonyl (C=O) groups excluding carboxylic acids is 1. The number of rotatable bonds is 5. The molecule has 2 rings (SSSR count). The highest BCUT2D eigenvalue weighted by Crippen LogP contribution is 2.45. The summed E-state index contributed by atoms with van der Waals surface area (Å²) in [6.07, 6.45) is 3.42. The third kappa shape index (κ3) is 5.35. The summed E-state index contributed by atoms with van der Waals surface area (Å²) in [6, 6.07) is 4.06. The first kappa shape index (κ1) is 20.5. The molecular formula is C19H27BrClNO3. The van der Waals surface area contributed by atoms with Gasteiger partial charge in [-0.25, -0.2) is 4.79 Å². The van der Waals surface area contributed by atoms with Crippen LogP contribution in [-0.2, 0) is 21.5 Å². The Morgan fingerprint density at radius 2 is 2.12 bits per heavy atom. The molecule has 4 nitrogen and oxygen atoms in total. The molecule has 0 aromatic heterocycles. The summed E-state index contributed by atoms with van der Waals surface area (Å²) >= 11 is 10.1. The number of amides is 1. The van der Waals surface area contributed by atoms with Crippen LogP contribution < -0.4 is 5.32 Å². The third-order valence-electron chi connectivity index (χ3n) is 4.34. The first-order valence-corrected chi connectivity index (χ1v) is 9.93. The fraction of sp³-hybridized carbons (Fsp3) is 0.632. The molecule has 0 saturated carbocycles. The molecule has 1 aromatic rings. The van der Waals surface area contributed by atoms with Gasteiger partial charge in [-0.15, -0.1) is 0 Å². The van der Waals surface area contributed by atoms with Crippen LogP contribution in [0.3, 0.4) is 0 Å². The summed E-state index contributed by atoms with van der Waals surface area (Å²) in [5.74, 6) is 0. The summed E-state index contributed by atoms with van der Waals surface area (Å²) in [4.78, 5) is 11.7. The van der Waals surface area contributed by atoms with E-state index in [1.807, 2.05) is 26.8 Å². The first-order valence-electron chi connectivity index (χ1n) is 8.76. The van der Waals surface area contributed by atoms with Crippen LogP contribution >= 0.6 is 27.5 Å². The number of benzene rings is 1. The van der Waals surface area contributed by atoms with Crippen LogP contribution in [0.1, 0.15) is 58.1 Å². The van der Waals surface area contributed by atoms with Gasteiger partial charge >= 0.3 is 6.09 Å². The Bertz CT molecular complexity index is 630. The Morgan fingerprint density at radius 1 is 1.40 bits per heavy atom. The average molecular weight is 433 g/mol. The van der Waals surface area contributed by atoms with Crippen molar-refractivity contribution in [3.8, 4) is 0 Å². The summed E-state index contributed by atoms with van der Waals surface area (Å²) in [7, 11) is 0. The Balaban J connectivity index is 2.02. The standard InChI is InChI=1S/C19H27BrClNO3/c1-5-19(24-10-9-22-17(23)25-18(2,3)4)8-6-7-13-11-14(20)12-15(21)16(13)19/h11-12H,5-10H2,1-4H3,(H,22,23). The fourth-order valence-electron chi connectivity index (χ4n) is 3.34. The molecule has 140 valence electrons. The summed E-state index contributed by atoms with van der Waals surface area (Å²) < 4.78 is 12.5. The quantitative estimate of drug-likeness (QED) is 0.617. The topological polar surface area (TPSA) is 47.6 Å². The zero-order chi connectivity index (χ0) is 18.7. The lowest BCUT2D eigenvalue weighted by Gasteiger charge is -2.39. The molecule has 0 aliphatic heterocycles. The van der Waals surface area contributed by atoms with Crippen molar-refractivity contribution in [3.05, 3.63) is 32.8 Å². The van der Waals surface area contributed by atoms with E-state index in [1.54, 1.807) is 0 Å². The zero-order valence-electron chi connectivity index (χ0n) is 15.4. The average Bonchev–Trinajstić information content (AvgIpc) is 2.49. The predicted octanol–water partition coefficient (Wildman–Crippen LogP) is 5.59. The van der Waals surface area contributed by atoms with Crippen molar-refractivity contribution in [2.45, 2.75) is 64.6 Å². The molecule has 25 heavy (non-hydrogen) atoms. The molecular weight excluding hydrogens is 406 g/mol. The molecule has 0 heterocycles. The molecule has 1 aromatic carbocycles. The molecule has 1 aliphatic rings. The fourth-order valence-corrected chi connectivity index (χ4v) is 4.39. The second kappa shape index (κ2) is 8.28. The van der Waals surface area contributed by atoms with Gasteiger partial charge in [-0.05, 0) is 64.2 Å². The Labute approximate surface area is 163 Å². The van der Waals surface area contributed by atoms with E-state index in [4.69, 9.17) is 21.1 Å². The van der Waals surface area contributed by atoms with Crippen LogP contribution in [0.4, 0.5) is 4.79 Å². The second-order valence-electron chi connectivity index (χ2n) is 7.40. The normalized spacial score (nSPS) is 20.1. The van der Waals surface area contributed by atoms with Gasteiger partial charge in [0.15, 0.2) is 0 Å². The highest BCUT2D eigenvalue weighted by molar-refractivity contribution is 9.10. The van der Waals surface area contributed by atoms with Crippen molar-refractivity contribution in [3.63, 3.8) is 0 Å². The maximum absolute atomic E-state index is 11.7. The highest BCUT2D eigenvalue weighted by atomic mass is 79.9. The van der Waals surface area contributed by atoms with E-state index in [9.17, 15) is 4.79 Å². The molecule has 6 heteroatoms. The van der Waals surface area contributed by atoms with Gasteiger partial charge in [0.05, 0.1) is 12.2 Å². The van der Waals surface area contributed by atoms with Gasteiger partial charge in [-0.3, -0.25) is 0 Å². The number of nitrogens with one attached hydrogen (secondary N) is 1. The Morgan fingerprint density at radius 3 is 2.76 bits per heavy atom. The van der Waals surface area contributed by atoms with Crippen LogP contribution in [0.2, 0.25) is 5.02 Å². The van der Waals surface area contributed by atoms with Gasteiger partial charge in [0.1, 0.15) is 5.60 Å². The molecule has 0 fully saturated rings. The maximum atomic E-state index is 11.7. The minimum Gasteiger partial charge on any atom is -0.444 e. The number of ether oxygens (including phenoxy) is 2. The monoisotopic (exact) mass is 431 g/mol. The Hall–Kier alpha value is -0.780. The largest absolute Gasteiger partial charge is 0.444 e. The third-order valence-corrected chi connectivity index (χ3v) is 5.09. The van der Waals surface area contributed by atoms with Crippen molar-refractivity contribution in [1.82, 2.24) is 5.32 Å². The smallest absolute Gasteiger partial charge is 0.407 e. The molecule has 1 N–H and O–H groups in total. The minimum absolute atomic E-state index is 0.388. The molecule has 0 spiro atoms. The highest BCUT2D eigenvalue weighted by Gasteiger charge is 2.38. The molecule has 1 unspecified atom stereocenters. The van der Waals surface area contributed by atoms with Crippen LogP contribution in [0.15, 0.2) is 16.6 Å². The molecule has 1 atom stereocenters. The van der Waals surface area contributed by atoms with E-state index < -0.39 is 11.7 Å². The molecule has 0 bridgehead atoms. The number of carbonyl (C=O) groups is 1. The summed E-state index contributed by atoms with van der Waals surface area (Å²) in [6.45, 7) is 8.46. The lowest BCUT2D eigenvalue weighted by Crippen LogP contribution is -2.38. The lowest BCUT2D eigenvalue weighted by atomic mass is 9.77. The van der Waals surface area contributed by atoms with Crippen LogP contribution in [0, 0.1) is 0 Å². The predicted molar refractivity (Wildman–Crippen MR) is 104 cm³/mol. The number of alkyl carbamates (subject to hydrolysis) is 1. The number of aryl methyl sites for hydroxylation is 1. The Kier molecular flexibility index (Phi) is 6.80. The summed E-state index contributed by atoms with van der Waals surface area (Å²) in [5, 5.41) is 3.48. The molecule has 1 amide bonds. The van der Waals surface area contributed by atoms with E-state index in [0.717, 1.165) is 40.7 Å². The van der Waals surface area contributed by atoms with Gasteiger partial charge in [0, 0.05) is 21.6 Å². The second-order valence-corrected chi connectivity index (χ2v) is 8.72. The lowest BCUT2D eigenvalue weighted by molar-refractivity contribution is -0.0643. The van der Waals surface area contributed by atoms with Crippen LogP contribution in [-0.4, -0.2) is 24.8 Å². The number of fused-ring (bicyclic) bond motifs is 1. The number of hydrogen-bond donors (Lipinski definition) is 1. The molecule has 0 radical (unpaired) electrons. The van der Waals surface area contributed by atoms with Crippen molar-refractivity contribution < 1.29 is 14.3 Å². The number of hydrogen-bond acceptors (Lipinski definition) is 3. The zero-order valence-corrected chi connectivity index (χ0v) is 17.7. The van der Waals surface area contributed by atoms with Crippen LogP contribution in [0.25, 0.3) is 0 Å². The van der Waals surface area contributed by atoms with E-state index >= 15 is 0 Å². The van der Waals surface area contributed by atoms with E-state index in [0.29, 0.717) is 13.2 Å². The number of halogens is 2. The van der Waals surface area contributed by atoms with Crippen molar-refractivity contribution in [2.75, 3.05) is 13.2 Å². The SMILES string of the molecule is CCC1(OCCNC(=O)OC(C)(C)C)CCCc2cc(Br)cc(Cl)c21. The van der Waals surface area contributed by atoms with Gasteiger partial charge < -0.3 is 14.8 Å². The van der Waals surface area contributed by atoms with Gasteiger partial charge in [-0.1, -0.05) is 34.5 Å². The minimum atomic E-state index is -0.501. The van der Waals surface area contributed by atoms with Gasteiger partial charge in [0.2, 0.25) is 0 Å². The van der Waals surface area contributed by atoms with Gasteiger partial charge in [-0.2, -0.15) is 0 Å². The van der Waals surface area contributed by atoms with Crippen molar-refractivity contribution >= 4 is 33.6 Å². The maximum Gasteiger partial charge on any atom is 0.407 e. The first-order chi connectivity index (χ1) is 11.7.